The van der Waals surface area contributed by atoms with Gasteiger partial charge in [0.15, 0.2) is 0 Å². The van der Waals surface area contributed by atoms with Gasteiger partial charge in [-0.15, -0.1) is 11.8 Å². The summed E-state index contributed by atoms with van der Waals surface area (Å²) in [7, 11) is 0. The molecule has 2 nitrogen and oxygen atoms in total. The predicted molar refractivity (Wildman–Crippen MR) is 95.0 cm³/mol. The molecule has 4 heteroatoms. The third-order valence-electron chi connectivity index (χ3n) is 3.82. The normalized spacial score (nSPS) is 12.0. The summed E-state index contributed by atoms with van der Waals surface area (Å²) in [6.07, 6.45) is 0. The number of aryl methyl sites for hydroxylation is 2. The highest BCUT2D eigenvalue weighted by molar-refractivity contribution is 7.99. The zero-order chi connectivity index (χ0) is 16.8. The Morgan fingerprint density at radius 2 is 1.83 bits per heavy atom. The number of halogens is 1. The number of hydrogen-bond acceptors (Lipinski definition) is 2. The molecule has 0 unspecified atom stereocenters. The molecule has 0 heterocycles. The number of amides is 1. The van der Waals surface area contributed by atoms with Crippen LogP contribution in [0.3, 0.4) is 0 Å². The van der Waals surface area contributed by atoms with Crippen LogP contribution in [0.4, 0.5) is 4.39 Å². The Kier molecular flexibility index (Phi) is 6.22. The Bertz CT molecular complexity index is 670. The first-order chi connectivity index (χ1) is 11.0. The maximum absolute atomic E-state index is 12.8. The first kappa shape index (κ1) is 17.5. The number of carbonyl (C=O) groups excluding carboxylic acids is 1. The van der Waals surface area contributed by atoms with Crippen LogP contribution in [0.5, 0.6) is 0 Å². The highest BCUT2D eigenvalue weighted by Crippen LogP contribution is 2.17. The summed E-state index contributed by atoms with van der Waals surface area (Å²) < 4.78 is 12.8. The lowest BCUT2D eigenvalue weighted by molar-refractivity contribution is -0.119. The average molecular weight is 331 g/mol. The molecule has 0 bridgehead atoms. The Morgan fingerprint density at radius 3 is 2.48 bits per heavy atom. The van der Waals surface area contributed by atoms with Gasteiger partial charge in [-0.3, -0.25) is 4.79 Å². The number of nitrogens with one attached hydrogen (secondary N) is 1. The molecule has 0 spiro atoms. The topological polar surface area (TPSA) is 29.1 Å². The zero-order valence-corrected chi connectivity index (χ0v) is 14.5. The van der Waals surface area contributed by atoms with E-state index in [0.717, 1.165) is 11.1 Å². The van der Waals surface area contributed by atoms with Crippen molar-refractivity contribution >= 4 is 17.7 Å². The fraction of sp³-hybridized carbons (Fsp3) is 0.316. The van der Waals surface area contributed by atoms with Crippen LogP contribution in [-0.2, 0) is 10.5 Å². The van der Waals surface area contributed by atoms with Gasteiger partial charge in [0.25, 0.3) is 0 Å². The smallest absolute Gasteiger partial charge is 0.230 e. The van der Waals surface area contributed by atoms with E-state index in [4.69, 9.17) is 0 Å². The van der Waals surface area contributed by atoms with Crippen molar-refractivity contribution in [3.63, 3.8) is 0 Å². The molecular formula is C19H22FNOS. The molecule has 23 heavy (non-hydrogen) atoms. The summed E-state index contributed by atoms with van der Waals surface area (Å²) in [4.78, 5) is 12.0. The van der Waals surface area contributed by atoms with Gasteiger partial charge < -0.3 is 5.32 Å². The lowest BCUT2D eigenvalue weighted by atomic mass is 10.0. The van der Waals surface area contributed by atoms with Gasteiger partial charge in [0.05, 0.1) is 11.8 Å². The van der Waals surface area contributed by atoms with Crippen molar-refractivity contribution in [1.82, 2.24) is 5.32 Å². The molecule has 2 rings (SSSR count). The molecule has 2 aromatic carbocycles. The molecule has 0 saturated heterocycles. The molecule has 122 valence electrons. The van der Waals surface area contributed by atoms with Gasteiger partial charge in [-0.05, 0) is 55.2 Å². The SMILES string of the molecule is Cc1ccc([C@H](C)NC(=O)CSCc2ccc(F)cc2)cc1C. The van der Waals surface area contributed by atoms with Crippen molar-refractivity contribution in [2.75, 3.05) is 5.75 Å². The second-order valence-corrected chi connectivity index (χ2v) is 6.74. The molecule has 1 atom stereocenters. The number of thioether (sulfide) groups is 1. The van der Waals surface area contributed by atoms with E-state index in [1.165, 1.54) is 35.0 Å². The quantitative estimate of drug-likeness (QED) is 0.841. The second-order valence-electron chi connectivity index (χ2n) is 5.75. The van der Waals surface area contributed by atoms with E-state index in [1.807, 2.05) is 6.92 Å². The van der Waals surface area contributed by atoms with Crippen molar-refractivity contribution in [1.29, 1.82) is 0 Å². The summed E-state index contributed by atoms with van der Waals surface area (Å²) >= 11 is 1.53. The van der Waals surface area contributed by atoms with Crippen molar-refractivity contribution in [3.05, 3.63) is 70.5 Å². The molecule has 0 fully saturated rings. The number of rotatable bonds is 6. The Hall–Kier alpha value is -1.81. The van der Waals surface area contributed by atoms with Crippen LogP contribution in [-0.4, -0.2) is 11.7 Å². The molecular weight excluding hydrogens is 309 g/mol. The highest BCUT2D eigenvalue weighted by atomic mass is 32.2. The largest absolute Gasteiger partial charge is 0.349 e. The van der Waals surface area contributed by atoms with E-state index in [9.17, 15) is 9.18 Å². The third-order valence-corrected chi connectivity index (χ3v) is 4.83. The fourth-order valence-corrected chi connectivity index (χ4v) is 3.04. The van der Waals surface area contributed by atoms with Crippen molar-refractivity contribution in [3.8, 4) is 0 Å². The fourth-order valence-electron chi connectivity index (χ4n) is 2.24. The first-order valence-electron chi connectivity index (χ1n) is 7.64. The van der Waals surface area contributed by atoms with Crippen molar-refractivity contribution in [2.45, 2.75) is 32.6 Å². The minimum atomic E-state index is -0.237. The molecule has 0 saturated carbocycles. The Balaban J connectivity index is 1.79. The summed E-state index contributed by atoms with van der Waals surface area (Å²) in [5.41, 5.74) is 4.62. The van der Waals surface area contributed by atoms with Gasteiger partial charge >= 0.3 is 0 Å². The van der Waals surface area contributed by atoms with E-state index >= 15 is 0 Å². The van der Waals surface area contributed by atoms with Crippen LogP contribution < -0.4 is 5.32 Å². The lowest BCUT2D eigenvalue weighted by Crippen LogP contribution is -2.28. The molecule has 2 aromatic rings. The Labute approximate surface area is 141 Å². The van der Waals surface area contributed by atoms with Gasteiger partial charge in [-0.25, -0.2) is 4.39 Å². The van der Waals surface area contributed by atoms with Crippen LogP contribution >= 0.6 is 11.8 Å². The minimum absolute atomic E-state index is 0.00628. The monoisotopic (exact) mass is 331 g/mol. The van der Waals surface area contributed by atoms with Crippen LogP contribution in [0.25, 0.3) is 0 Å². The van der Waals surface area contributed by atoms with E-state index in [2.05, 4.69) is 37.4 Å². The maximum atomic E-state index is 12.8. The number of benzene rings is 2. The van der Waals surface area contributed by atoms with E-state index < -0.39 is 0 Å². The zero-order valence-electron chi connectivity index (χ0n) is 13.7. The summed E-state index contributed by atoms with van der Waals surface area (Å²) in [5, 5.41) is 3.02. The van der Waals surface area contributed by atoms with Gasteiger partial charge in [0.2, 0.25) is 5.91 Å². The summed E-state index contributed by atoms with van der Waals surface area (Å²) in [6, 6.07) is 12.6. The molecule has 0 aliphatic heterocycles. The summed E-state index contributed by atoms with van der Waals surface area (Å²) in [5.74, 6) is 0.875. The summed E-state index contributed by atoms with van der Waals surface area (Å²) in [6.45, 7) is 6.15. The van der Waals surface area contributed by atoms with E-state index in [0.29, 0.717) is 11.5 Å². The second kappa shape index (κ2) is 8.16. The predicted octanol–water partition coefficient (Wildman–Crippen LogP) is 4.55. The van der Waals surface area contributed by atoms with Crippen LogP contribution in [0.15, 0.2) is 42.5 Å². The minimum Gasteiger partial charge on any atom is -0.349 e. The highest BCUT2D eigenvalue weighted by Gasteiger charge is 2.10. The van der Waals surface area contributed by atoms with Gasteiger partial charge in [-0.1, -0.05) is 30.3 Å². The number of carbonyl (C=O) groups is 1. The standard InChI is InChI=1S/C19H22FNOS/c1-13-4-7-17(10-14(13)2)15(3)21-19(22)12-23-11-16-5-8-18(20)9-6-16/h4-10,15H,11-12H2,1-3H3,(H,21,22)/t15-/m0/s1. The van der Waals surface area contributed by atoms with Crippen LogP contribution in [0, 0.1) is 19.7 Å². The molecule has 0 aliphatic carbocycles. The average Bonchev–Trinajstić information content (AvgIpc) is 2.52. The van der Waals surface area contributed by atoms with Gasteiger partial charge in [-0.2, -0.15) is 0 Å². The van der Waals surface area contributed by atoms with Crippen molar-refractivity contribution < 1.29 is 9.18 Å². The molecule has 1 amide bonds. The molecule has 0 aromatic heterocycles. The van der Waals surface area contributed by atoms with Crippen molar-refractivity contribution in [2.24, 2.45) is 0 Å². The van der Waals surface area contributed by atoms with E-state index in [-0.39, 0.29) is 17.8 Å². The van der Waals surface area contributed by atoms with E-state index in [1.54, 1.807) is 12.1 Å². The third kappa shape index (κ3) is 5.39. The van der Waals surface area contributed by atoms with Gasteiger partial charge in [0, 0.05) is 5.75 Å². The molecule has 1 N–H and O–H groups in total. The van der Waals surface area contributed by atoms with Gasteiger partial charge in [0.1, 0.15) is 5.82 Å². The van der Waals surface area contributed by atoms with Crippen LogP contribution in [0.2, 0.25) is 0 Å². The Morgan fingerprint density at radius 1 is 1.13 bits per heavy atom. The first-order valence-corrected chi connectivity index (χ1v) is 8.80. The molecule has 0 aliphatic rings. The number of hydrogen-bond donors (Lipinski definition) is 1. The molecule has 0 radical (unpaired) electrons. The lowest BCUT2D eigenvalue weighted by Gasteiger charge is -2.15. The van der Waals surface area contributed by atoms with Crippen LogP contribution in [0.1, 0.15) is 35.2 Å². The maximum Gasteiger partial charge on any atom is 0.230 e.